The molecule has 2 aliphatic heterocycles. The highest BCUT2D eigenvalue weighted by atomic mass is 16.2. The summed E-state index contributed by atoms with van der Waals surface area (Å²) in [5.74, 6) is 0.235. The zero-order valence-corrected chi connectivity index (χ0v) is 12.3. The Morgan fingerprint density at radius 1 is 1.35 bits per heavy atom. The number of nitrogens with zero attached hydrogens (tertiary/aromatic N) is 3. The van der Waals surface area contributed by atoms with Gasteiger partial charge in [-0.05, 0) is 38.8 Å². The van der Waals surface area contributed by atoms with Crippen molar-refractivity contribution in [2.24, 2.45) is 0 Å². The van der Waals surface area contributed by atoms with E-state index in [9.17, 15) is 4.79 Å². The smallest absolute Gasteiger partial charge is 0.242 e. The standard InChI is InChI=1S/C15H24N4O/c1-15(4-6-16-7-5-15)13-10-17-12-19(13)11-14(20)18-8-2-3-9-18/h10,12,16H,2-9,11H2,1H3. The Balaban J connectivity index is 1.74. The summed E-state index contributed by atoms with van der Waals surface area (Å²) in [7, 11) is 0. The van der Waals surface area contributed by atoms with Crippen molar-refractivity contribution in [3.8, 4) is 0 Å². The highest BCUT2D eigenvalue weighted by Gasteiger charge is 2.32. The van der Waals surface area contributed by atoms with Gasteiger partial charge in [0, 0.05) is 30.4 Å². The van der Waals surface area contributed by atoms with Gasteiger partial charge in [-0.15, -0.1) is 0 Å². The zero-order valence-electron chi connectivity index (χ0n) is 12.3. The van der Waals surface area contributed by atoms with Gasteiger partial charge >= 0.3 is 0 Å². The second-order valence-electron chi connectivity index (χ2n) is 6.31. The van der Waals surface area contributed by atoms with Crippen LogP contribution in [0.5, 0.6) is 0 Å². The van der Waals surface area contributed by atoms with Crippen LogP contribution in [0.1, 0.15) is 38.3 Å². The molecule has 110 valence electrons. The lowest BCUT2D eigenvalue weighted by Crippen LogP contribution is -2.40. The van der Waals surface area contributed by atoms with Gasteiger partial charge in [0.25, 0.3) is 0 Å². The number of aromatic nitrogens is 2. The van der Waals surface area contributed by atoms with Gasteiger partial charge in [-0.2, -0.15) is 0 Å². The third-order valence-corrected chi connectivity index (χ3v) is 4.80. The first-order valence-electron chi connectivity index (χ1n) is 7.68. The van der Waals surface area contributed by atoms with E-state index >= 15 is 0 Å². The Labute approximate surface area is 120 Å². The predicted molar refractivity (Wildman–Crippen MR) is 77.5 cm³/mol. The molecule has 20 heavy (non-hydrogen) atoms. The van der Waals surface area contributed by atoms with Gasteiger partial charge in [0.2, 0.25) is 5.91 Å². The summed E-state index contributed by atoms with van der Waals surface area (Å²) in [5.41, 5.74) is 1.36. The number of hydrogen-bond donors (Lipinski definition) is 1. The molecule has 5 nitrogen and oxygen atoms in total. The number of rotatable bonds is 3. The molecule has 3 rings (SSSR count). The van der Waals surface area contributed by atoms with E-state index in [1.165, 1.54) is 5.69 Å². The fourth-order valence-corrected chi connectivity index (χ4v) is 3.40. The minimum atomic E-state index is 0.146. The maximum Gasteiger partial charge on any atom is 0.242 e. The van der Waals surface area contributed by atoms with Crippen LogP contribution in [0.3, 0.4) is 0 Å². The third-order valence-electron chi connectivity index (χ3n) is 4.80. The van der Waals surface area contributed by atoms with Gasteiger partial charge in [-0.25, -0.2) is 4.98 Å². The predicted octanol–water partition coefficient (Wildman–Crippen LogP) is 1.15. The van der Waals surface area contributed by atoms with Crippen LogP contribution in [-0.4, -0.2) is 46.5 Å². The van der Waals surface area contributed by atoms with Crippen molar-refractivity contribution < 1.29 is 4.79 Å². The Morgan fingerprint density at radius 2 is 2.05 bits per heavy atom. The summed E-state index contributed by atoms with van der Waals surface area (Å²) in [4.78, 5) is 18.6. The normalized spacial score (nSPS) is 22.1. The first-order valence-corrected chi connectivity index (χ1v) is 7.68. The minimum Gasteiger partial charge on any atom is -0.341 e. The Morgan fingerprint density at radius 3 is 2.75 bits per heavy atom. The molecular weight excluding hydrogens is 252 g/mol. The van der Waals surface area contributed by atoms with Crippen molar-refractivity contribution in [1.82, 2.24) is 19.8 Å². The first kappa shape index (κ1) is 13.6. The molecule has 0 atom stereocenters. The molecule has 1 aromatic rings. The zero-order chi connectivity index (χ0) is 14.0. The van der Waals surface area contributed by atoms with E-state index in [4.69, 9.17) is 0 Å². The summed E-state index contributed by atoms with van der Waals surface area (Å²) in [6, 6.07) is 0. The largest absolute Gasteiger partial charge is 0.341 e. The minimum absolute atomic E-state index is 0.146. The average molecular weight is 276 g/mol. The van der Waals surface area contributed by atoms with E-state index in [1.54, 1.807) is 0 Å². The van der Waals surface area contributed by atoms with Crippen LogP contribution in [0.25, 0.3) is 0 Å². The summed E-state index contributed by atoms with van der Waals surface area (Å²) in [6.07, 6.45) is 8.27. The van der Waals surface area contributed by atoms with Crippen molar-refractivity contribution in [3.05, 3.63) is 18.2 Å². The number of hydrogen-bond acceptors (Lipinski definition) is 3. The number of imidazole rings is 1. The van der Waals surface area contributed by atoms with Gasteiger partial charge in [0.1, 0.15) is 6.54 Å². The molecule has 0 bridgehead atoms. The summed E-state index contributed by atoms with van der Waals surface area (Å²) in [5, 5.41) is 3.40. The molecule has 0 aromatic carbocycles. The van der Waals surface area contributed by atoms with E-state index in [0.717, 1.165) is 51.9 Å². The summed E-state index contributed by atoms with van der Waals surface area (Å²) >= 11 is 0. The lowest BCUT2D eigenvalue weighted by atomic mass is 9.78. The number of likely N-dealkylation sites (tertiary alicyclic amines) is 1. The van der Waals surface area contributed by atoms with Crippen molar-refractivity contribution in [3.63, 3.8) is 0 Å². The molecule has 5 heteroatoms. The van der Waals surface area contributed by atoms with E-state index in [0.29, 0.717) is 6.54 Å². The molecule has 1 aromatic heterocycles. The summed E-state index contributed by atoms with van der Waals surface area (Å²) in [6.45, 7) is 6.66. The Kier molecular flexibility index (Phi) is 3.78. The molecule has 0 aliphatic carbocycles. The number of carbonyl (C=O) groups excluding carboxylic acids is 1. The first-order chi connectivity index (χ1) is 9.69. The highest BCUT2D eigenvalue weighted by molar-refractivity contribution is 5.76. The van der Waals surface area contributed by atoms with Crippen LogP contribution in [-0.2, 0) is 16.8 Å². The summed E-state index contributed by atoms with van der Waals surface area (Å²) < 4.78 is 2.06. The van der Waals surface area contributed by atoms with Crippen LogP contribution in [0, 0.1) is 0 Å². The Bertz CT molecular complexity index is 470. The molecule has 0 unspecified atom stereocenters. The van der Waals surface area contributed by atoms with Crippen LogP contribution < -0.4 is 5.32 Å². The molecular formula is C15H24N4O. The molecule has 2 aliphatic rings. The maximum absolute atomic E-state index is 12.3. The molecule has 2 fully saturated rings. The second kappa shape index (κ2) is 5.56. The van der Waals surface area contributed by atoms with Crippen LogP contribution in [0.2, 0.25) is 0 Å². The fourth-order valence-electron chi connectivity index (χ4n) is 3.40. The second-order valence-corrected chi connectivity index (χ2v) is 6.31. The third kappa shape index (κ3) is 2.59. The molecule has 2 saturated heterocycles. The van der Waals surface area contributed by atoms with Gasteiger partial charge in [-0.3, -0.25) is 4.79 Å². The van der Waals surface area contributed by atoms with Crippen molar-refractivity contribution in [1.29, 1.82) is 0 Å². The van der Waals surface area contributed by atoms with Gasteiger partial charge in [-0.1, -0.05) is 6.92 Å². The molecule has 1 N–H and O–H groups in total. The quantitative estimate of drug-likeness (QED) is 0.901. The molecule has 0 radical (unpaired) electrons. The maximum atomic E-state index is 12.3. The number of piperidine rings is 1. The number of carbonyl (C=O) groups is 1. The fraction of sp³-hybridized carbons (Fsp3) is 0.733. The van der Waals surface area contributed by atoms with Gasteiger partial charge < -0.3 is 14.8 Å². The van der Waals surface area contributed by atoms with E-state index in [-0.39, 0.29) is 11.3 Å². The van der Waals surface area contributed by atoms with Crippen molar-refractivity contribution in [2.75, 3.05) is 26.2 Å². The molecule has 0 saturated carbocycles. The van der Waals surface area contributed by atoms with Crippen LogP contribution >= 0.6 is 0 Å². The monoisotopic (exact) mass is 276 g/mol. The lowest BCUT2D eigenvalue weighted by molar-refractivity contribution is -0.130. The SMILES string of the molecule is CC1(c2cncn2CC(=O)N2CCCC2)CCNCC1. The highest BCUT2D eigenvalue weighted by Crippen LogP contribution is 2.32. The molecule has 1 amide bonds. The molecule has 0 spiro atoms. The van der Waals surface area contributed by atoms with Gasteiger partial charge in [0.15, 0.2) is 0 Å². The van der Waals surface area contributed by atoms with E-state index in [1.807, 2.05) is 17.4 Å². The van der Waals surface area contributed by atoms with Gasteiger partial charge in [0.05, 0.1) is 6.33 Å². The van der Waals surface area contributed by atoms with Crippen LogP contribution in [0.4, 0.5) is 0 Å². The lowest BCUT2D eigenvalue weighted by Gasteiger charge is -2.34. The Hall–Kier alpha value is -1.36. The average Bonchev–Trinajstić information content (AvgIpc) is 3.10. The molecule has 3 heterocycles. The number of nitrogens with one attached hydrogen (secondary N) is 1. The van der Waals surface area contributed by atoms with E-state index in [2.05, 4.69) is 21.8 Å². The van der Waals surface area contributed by atoms with Crippen LogP contribution in [0.15, 0.2) is 12.5 Å². The number of amides is 1. The van der Waals surface area contributed by atoms with E-state index < -0.39 is 0 Å². The van der Waals surface area contributed by atoms with Crippen molar-refractivity contribution in [2.45, 2.75) is 44.6 Å². The van der Waals surface area contributed by atoms with Crippen molar-refractivity contribution >= 4 is 5.91 Å². The topological polar surface area (TPSA) is 50.2 Å².